The Hall–Kier alpha value is 0.452. The molecular weight excluding hydrogens is 331 g/mol. The normalized spacial score (nSPS) is 11.3. The molecule has 0 amide bonds. The van der Waals surface area contributed by atoms with Crippen LogP contribution in [-0.2, 0) is 0 Å². The molecule has 0 fully saturated rings. The summed E-state index contributed by atoms with van der Waals surface area (Å²) in [5.41, 5.74) is 0. The van der Waals surface area contributed by atoms with Crippen molar-refractivity contribution in [2.24, 2.45) is 0 Å². The number of benzene rings is 1. The Bertz CT molecular complexity index is 275. The minimum absolute atomic E-state index is 0.244. The zero-order valence-electron chi connectivity index (χ0n) is 11.9. The fourth-order valence-electron chi connectivity index (χ4n) is 1.12. The van der Waals surface area contributed by atoms with Gasteiger partial charge in [0, 0.05) is 7.59 Å². The molecule has 0 aliphatic carbocycles. The van der Waals surface area contributed by atoms with Crippen LogP contribution in [0.25, 0.3) is 0 Å². The third-order valence-electron chi connectivity index (χ3n) is 2.33. The molecule has 3 heteroatoms. The monoisotopic (exact) mass is 358 g/mol. The second kappa shape index (κ2) is 7.72. The summed E-state index contributed by atoms with van der Waals surface area (Å²) >= 11 is -0.543. The van der Waals surface area contributed by atoms with Gasteiger partial charge in [-0.15, -0.1) is 0 Å². The first kappa shape index (κ1) is 16.5. The maximum atomic E-state index is 2.47. The van der Waals surface area contributed by atoms with Crippen LogP contribution in [0, 0.1) is 0 Å². The molecule has 0 saturated heterocycles. The van der Waals surface area contributed by atoms with Gasteiger partial charge in [0.2, 0.25) is 0 Å². The SMILES string of the molecule is C[Si](c1ccccc1)[Si](C)(C)C.[CH3][Sn]([CH3])[CH3]. The van der Waals surface area contributed by atoms with E-state index >= 15 is 0 Å². The van der Waals surface area contributed by atoms with Crippen molar-refractivity contribution in [2.75, 3.05) is 0 Å². The summed E-state index contributed by atoms with van der Waals surface area (Å²) in [6.45, 7) is 9.85. The van der Waals surface area contributed by atoms with Crippen LogP contribution >= 0.6 is 0 Å². The number of hydrogen-bond acceptors (Lipinski definition) is 0. The van der Waals surface area contributed by atoms with Crippen molar-refractivity contribution in [3.05, 3.63) is 30.3 Å². The van der Waals surface area contributed by atoms with E-state index in [0.29, 0.717) is 0 Å². The van der Waals surface area contributed by atoms with Gasteiger partial charge in [-0.2, -0.15) is 0 Å². The predicted octanol–water partition coefficient (Wildman–Crippen LogP) is 3.81. The first-order valence-electron chi connectivity index (χ1n) is 5.91. The van der Waals surface area contributed by atoms with Crippen molar-refractivity contribution in [3.8, 4) is 0 Å². The van der Waals surface area contributed by atoms with Gasteiger partial charge in [0.05, 0.1) is 8.31 Å². The Morgan fingerprint density at radius 3 is 1.62 bits per heavy atom. The molecule has 0 unspecified atom stereocenters. The quantitative estimate of drug-likeness (QED) is 0.707. The van der Waals surface area contributed by atoms with Crippen molar-refractivity contribution in [1.82, 2.24) is 0 Å². The Balaban J connectivity index is 0.000000487. The van der Waals surface area contributed by atoms with E-state index < -0.39 is 27.4 Å². The molecule has 0 bridgehead atoms. The van der Waals surface area contributed by atoms with Crippen molar-refractivity contribution in [2.45, 2.75) is 41.0 Å². The summed E-state index contributed by atoms with van der Waals surface area (Å²) < 4.78 is 0. The Kier molecular flexibility index (Phi) is 7.93. The fourth-order valence-corrected chi connectivity index (χ4v) is 5.78. The summed E-state index contributed by atoms with van der Waals surface area (Å²) in [7, 11) is -1.14. The van der Waals surface area contributed by atoms with Gasteiger partial charge in [-0.25, -0.2) is 0 Å². The zero-order valence-corrected chi connectivity index (χ0v) is 16.7. The summed E-state index contributed by atoms with van der Waals surface area (Å²) in [5, 5.41) is 1.60. The minimum atomic E-state index is -0.900. The third-order valence-corrected chi connectivity index (χ3v) is 13.4. The van der Waals surface area contributed by atoms with E-state index in [9.17, 15) is 0 Å². The van der Waals surface area contributed by atoms with Crippen LogP contribution in [0.4, 0.5) is 0 Å². The van der Waals surface area contributed by atoms with E-state index in [1.165, 1.54) is 0 Å². The number of rotatable bonds is 2. The summed E-state index contributed by atoms with van der Waals surface area (Å²) in [6, 6.07) is 11.0. The molecule has 2 radical (unpaired) electrons. The van der Waals surface area contributed by atoms with Gasteiger partial charge in [-0.05, 0) is 0 Å². The molecule has 16 heavy (non-hydrogen) atoms. The van der Waals surface area contributed by atoms with Gasteiger partial charge in [-0.3, -0.25) is 0 Å². The Labute approximate surface area is 112 Å². The third kappa shape index (κ3) is 7.68. The average Bonchev–Trinajstić information content (AvgIpc) is 2.16. The number of hydrogen-bond donors (Lipinski definition) is 0. The van der Waals surface area contributed by atoms with E-state index in [4.69, 9.17) is 0 Å². The van der Waals surface area contributed by atoms with E-state index in [0.717, 1.165) is 0 Å². The van der Waals surface area contributed by atoms with Gasteiger partial charge in [0.1, 0.15) is 0 Å². The molecule has 0 heterocycles. The maximum absolute atomic E-state index is 2.47. The molecule has 1 rings (SSSR count). The second-order valence-electron chi connectivity index (χ2n) is 5.74. The van der Waals surface area contributed by atoms with Crippen LogP contribution in [0.15, 0.2) is 30.3 Å². The summed E-state index contributed by atoms with van der Waals surface area (Å²) in [5.74, 6) is 0. The molecule has 1 aromatic rings. The molecule has 0 aliphatic rings. The van der Waals surface area contributed by atoms with E-state index in [2.05, 4.69) is 71.3 Å². The molecule has 0 saturated carbocycles. The van der Waals surface area contributed by atoms with Crippen molar-refractivity contribution < 1.29 is 0 Å². The molecule has 90 valence electrons. The second-order valence-corrected chi connectivity index (χ2v) is 27.4. The van der Waals surface area contributed by atoms with Crippen molar-refractivity contribution in [3.63, 3.8) is 0 Å². The van der Waals surface area contributed by atoms with E-state index in [-0.39, 0.29) is 8.31 Å². The molecule has 0 atom stereocenters. The van der Waals surface area contributed by atoms with Crippen LogP contribution in [0.1, 0.15) is 0 Å². The average molecular weight is 357 g/mol. The molecule has 1 aromatic carbocycles. The van der Waals surface area contributed by atoms with Crippen LogP contribution < -0.4 is 5.19 Å². The van der Waals surface area contributed by atoms with Gasteiger partial charge < -0.3 is 0 Å². The van der Waals surface area contributed by atoms with Crippen LogP contribution in [0.2, 0.25) is 41.0 Å². The van der Waals surface area contributed by atoms with Gasteiger partial charge in [0.15, 0.2) is 0 Å². The van der Waals surface area contributed by atoms with Crippen molar-refractivity contribution in [1.29, 1.82) is 0 Å². The topological polar surface area (TPSA) is 0 Å². The Morgan fingerprint density at radius 1 is 0.938 bits per heavy atom. The molecule has 0 spiro atoms. The first-order chi connectivity index (χ1) is 7.25. The van der Waals surface area contributed by atoms with Crippen molar-refractivity contribution >= 4 is 40.9 Å². The standard InChI is InChI=1S/C10H17Si2.3CH3.Sn/c1-11(12(2,3)4)10-8-6-5-7-9-10;;;;/h5-9H,1-4H3;3*1H3;. The van der Waals surface area contributed by atoms with Gasteiger partial charge >= 0.3 is 34.6 Å². The van der Waals surface area contributed by atoms with E-state index in [1.54, 1.807) is 5.19 Å². The molecule has 0 nitrogen and oxygen atoms in total. The zero-order chi connectivity index (χ0) is 12.8. The summed E-state index contributed by atoms with van der Waals surface area (Å²) in [4.78, 5) is 7.09. The Morgan fingerprint density at radius 2 is 1.31 bits per heavy atom. The molecule has 0 aromatic heterocycles. The summed E-state index contributed by atoms with van der Waals surface area (Å²) in [6.07, 6.45) is 0. The van der Waals surface area contributed by atoms with Crippen LogP contribution in [0.5, 0.6) is 0 Å². The first-order valence-corrected chi connectivity index (χ1v) is 21.0. The van der Waals surface area contributed by atoms with Crippen LogP contribution in [0.3, 0.4) is 0 Å². The predicted molar refractivity (Wildman–Crippen MR) is 84.4 cm³/mol. The van der Waals surface area contributed by atoms with Crippen LogP contribution in [-0.4, -0.2) is 35.7 Å². The van der Waals surface area contributed by atoms with E-state index in [1.807, 2.05) is 0 Å². The van der Waals surface area contributed by atoms with Gasteiger partial charge in [0.25, 0.3) is 0 Å². The fraction of sp³-hybridized carbons (Fsp3) is 0.538. The molecule has 0 N–H and O–H groups in total. The van der Waals surface area contributed by atoms with Gasteiger partial charge in [-0.1, -0.05) is 61.7 Å². The molecular formula is C13H26Si2Sn. The molecule has 0 aliphatic heterocycles.